The molecule has 0 spiro atoms. The Kier molecular flexibility index (Phi) is 9.92. The lowest BCUT2D eigenvalue weighted by Crippen LogP contribution is -2.55. The van der Waals surface area contributed by atoms with E-state index in [2.05, 4.69) is 15.7 Å². The number of likely N-dealkylation sites (tertiary alicyclic amines) is 1. The maximum Gasteiger partial charge on any atom is 0.410 e. The second-order valence-electron chi connectivity index (χ2n) is 12.7. The molecule has 2 saturated heterocycles. The van der Waals surface area contributed by atoms with Gasteiger partial charge >= 0.3 is 6.09 Å². The zero-order valence-corrected chi connectivity index (χ0v) is 26.8. The number of para-hydroxylation sites is 1. The smallest absolute Gasteiger partial charge is 0.410 e. The van der Waals surface area contributed by atoms with Crippen molar-refractivity contribution in [2.75, 3.05) is 39.3 Å². The molecule has 2 saturated carbocycles. The van der Waals surface area contributed by atoms with Gasteiger partial charge in [-0.25, -0.2) is 9.48 Å². The van der Waals surface area contributed by atoms with Crippen LogP contribution in [-0.2, 0) is 19.1 Å². The fourth-order valence-electron chi connectivity index (χ4n) is 6.16. The summed E-state index contributed by atoms with van der Waals surface area (Å²) in [6.07, 6.45) is 6.92. The summed E-state index contributed by atoms with van der Waals surface area (Å²) in [6.45, 7) is 3.16. The van der Waals surface area contributed by atoms with Gasteiger partial charge in [0.05, 0.1) is 5.69 Å². The fraction of sp³-hybridized carbons (Fsp3) is 0.576. The first kappa shape index (κ1) is 32.3. The topological polar surface area (TPSA) is 155 Å². The lowest BCUT2D eigenvalue weighted by molar-refractivity contribution is -0.140. The van der Waals surface area contributed by atoms with Gasteiger partial charge in [0.2, 0.25) is 17.7 Å². The van der Waals surface area contributed by atoms with E-state index in [1.54, 1.807) is 33.8 Å². The normalized spacial score (nSPS) is 20.5. The maximum atomic E-state index is 13.3. The first-order valence-corrected chi connectivity index (χ1v) is 16.7. The van der Waals surface area contributed by atoms with Crippen LogP contribution in [-0.4, -0.2) is 118 Å². The van der Waals surface area contributed by atoms with Gasteiger partial charge in [0.1, 0.15) is 18.2 Å². The monoisotopic (exact) mass is 649 g/mol. The standard InChI is InChI=1S/C33H43N7O7/c1-22(32(44)37-16-18-38(19-17-37)33(45)47-25-12-6-13-25)34-30(42)26-20-29(40(36-26)24-10-3-2-4-11-24)46-21-28(41)39-15-7-14-27(39)31(43)35-23-8-5-9-23/h2-4,10-11,20,22-23,25,27H,5-9,12-19,21H2,1H3,(H,34,42)(H,35,43)/t22-,27+/m1/s1. The summed E-state index contributed by atoms with van der Waals surface area (Å²) < 4.78 is 12.8. The Bertz CT molecular complexity index is 1460. The van der Waals surface area contributed by atoms with Crippen molar-refractivity contribution in [3.8, 4) is 11.6 Å². The highest BCUT2D eigenvalue weighted by molar-refractivity contribution is 5.96. The van der Waals surface area contributed by atoms with Crippen LogP contribution in [0, 0.1) is 0 Å². The van der Waals surface area contributed by atoms with Gasteiger partial charge in [-0.05, 0) is 70.4 Å². The summed E-state index contributed by atoms with van der Waals surface area (Å²) in [5, 5.41) is 10.2. The summed E-state index contributed by atoms with van der Waals surface area (Å²) in [5.41, 5.74) is 0.629. The summed E-state index contributed by atoms with van der Waals surface area (Å²) in [7, 11) is 0. The Hall–Kier alpha value is -4.62. The number of nitrogens with zero attached hydrogens (tertiary/aromatic N) is 5. The van der Waals surface area contributed by atoms with Crippen molar-refractivity contribution in [2.24, 2.45) is 0 Å². The van der Waals surface area contributed by atoms with Crippen LogP contribution in [0.25, 0.3) is 5.69 Å². The Balaban J connectivity index is 1.05. The molecule has 14 nitrogen and oxygen atoms in total. The van der Waals surface area contributed by atoms with Gasteiger partial charge in [0.15, 0.2) is 12.3 Å². The van der Waals surface area contributed by atoms with E-state index in [-0.39, 0.29) is 54.1 Å². The van der Waals surface area contributed by atoms with E-state index < -0.39 is 18.0 Å². The summed E-state index contributed by atoms with van der Waals surface area (Å²) >= 11 is 0. The van der Waals surface area contributed by atoms with Gasteiger partial charge in [0, 0.05) is 44.8 Å². The highest BCUT2D eigenvalue weighted by Crippen LogP contribution is 2.25. The van der Waals surface area contributed by atoms with E-state index in [0.717, 1.165) is 44.9 Å². The van der Waals surface area contributed by atoms with Crippen molar-refractivity contribution >= 4 is 29.7 Å². The number of ether oxygens (including phenoxy) is 2. The molecule has 0 unspecified atom stereocenters. The van der Waals surface area contributed by atoms with Crippen LogP contribution in [0.4, 0.5) is 4.79 Å². The van der Waals surface area contributed by atoms with E-state index in [9.17, 15) is 24.0 Å². The summed E-state index contributed by atoms with van der Waals surface area (Å²) in [5.74, 6) is -1.11. The highest BCUT2D eigenvalue weighted by Gasteiger charge is 2.36. The van der Waals surface area contributed by atoms with Crippen molar-refractivity contribution in [1.29, 1.82) is 0 Å². The van der Waals surface area contributed by atoms with E-state index in [1.807, 2.05) is 18.2 Å². The van der Waals surface area contributed by atoms with Crippen molar-refractivity contribution in [2.45, 2.75) is 82.5 Å². The molecule has 14 heteroatoms. The molecule has 1 aromatic carbocycles. The lowest BCUT2D eigenvalue weighted by atomic mass is 9.93. The molecular weight excluding hydrogens is 606 g/mol. The number of amides is 5. The molecule has 0 bridgehead atoms. The van der Waals surface area contributed by atoms with E-state index in [1.165, 1.54) is 10.7 Å². The average Bonchev–Trinajstić information content (AvgIpc) is 3.72. The third-order valence-corrected chi connectivity index (χ3v) is 9.47. The summed E-state index contributed by atoms with van der Waals surface area (Å²) in [6, 6.07) is 9.32. The van der Waals surface area contributed by atoms with E-state index >= 15 is 0 Å². The van der Waals surface area contributed by atoms with Gasteiger partial charge in [-0.15, -0.1) is 0 Å². The molecule has 4 aliphatic rings. The second kappa shape index (κ2) is 14.4. The molecule has 6 rings (SSSR count). The van der Waals surface area contributed by atoms with Gasteiger partial charge in [-0.2, -0.15) is 5.10 Å². The van der Waals surface area contributed by atoms with E-state index in [0.29, 0.717) is 44.8 Å². The minimum atomic E-state index is -0.845. The molecule has 2 N–H and O–H groups in total. The molecule has 47 heavy (non-hydrogen) atoms. The molecule has 3 heterocycles. The first-order valence-electron chi connectivity index (χ1n) is 16.7. The minimum Gasteiger partial charge on any atom is -0.467 e. The molecule has 1 aromatic heterocycles. The predicted octanol–water partition coefficient (Wildman–Crippen LogP) is 1.86. The van der Waals surface area contributed by atoms with Crippen molar-refractivity contribution in [3.05, 3.63) is 42.1 Å². The predicted molar refractivity (Wildman–Crippen MR) is 169 cm³/mol. The van der Waals surface area contributed by atoms with Crippen molar-refractivity contribution < 1.29 is 33.4 Å². The zero-order chi connectivity index (χ0) is 32.9. The van der Waals surface area contributed by atoms with Crippen LogP contribution < -0.4 is 15.4 Å². The highest BCUT2D eigenvalue weighted by atomic mass is 16.6. The number of carbonyl (C=O) groups excluding carboxylic acids is 5. The number of nitrogens with one attached hydrogen (secondary N) is 2. The van der Waals surface area contributed by atoms with Crippen LogP contribution in [0.2, 0.25) is 0 Å². The largest absolute Gasteiger partial charge is 0.467 e. The molecule has 4 fully saturated rings. The molecule has 5 amide bonds. The van der Waals surface area contributed by atoms with Crippen LogP contribution in [0.3, 0.4) is 0 Å². The van der Waals surface area contributed by atoms with Crippen LogP contribution >= 0.6 is 0 Å². The molecule has 252 valence electrons. The average molecular weight is 650 g/mol. The van der Waals surface area contributed by atoms with E-state index in [4.69, 9.17) is 9.47 Å². The number of hydrogen-bond donors (Lipinski definition) is 2. The Morgan fingerprint density at radius 3 is 2.26 bits per heavy atom. The van der Waals surface area contributed by atoms with Crippen molar-refractivity contribution in [1.82, 2.24) is 35.1 Å². The number of carbonyl (C=O) groups is 5. The number of rotatable bonds is 10. The molecule has 0 radical (unpaired) electrons. The lowest BCUT2D eigenvalue weighted by Gasteiger charge is -2.36. The Labute approximate surface area is 273 Å². The Morgan fingerprint density at radius 1 is 0.894 bits per heavy atom. The molecular formula is C33H43N7O7. The van der Waals surface area contributed by atoms with Crippen molar-refractivity contribution in [3.63, 3.8) is 0 Å². The quantitative estimate of drug-likeness (QED) is 0.395. The molecule has 2 atom stereocenters. The molecule has 2 aromatic rings. The third kappa shape index (κ3) is 7.52. The molecule has 2 aliphatic heterocycles. The fourth-order valence-corrected chi connectivity index (χ4v) is 6.16. The SMILES string of the molecule is C[C@@H](NC(=O)c1cc(OCC(=O)N2CCC[C@H]2C(=O)NC2CCC2)n(-c2ccccc2)n1)C(=O)N1CCN(C(=O)OC2CCC2)CC1. The number of hydrogen-bond acceptors (Lipinski definition) is 8. The van der Waals surface area contributed by atoms with Crippen LogP contribution in [0.1, 0.15) is 68.8 Å². The Morgan fingerprint density at radius 2 is 1.60 bits per heavy atom. The van der Waals surface area contributed by atoms with Gasteiger partial charge in [0.25, 0.3) is 11.8 Å². The minimum absolute atomic E-state index is 0.00103. The number of piperazine rings is 1. The van der Waals surface area contributed by atoms with Gasteiger partial charge in [-0.3, -0.25) is 19.2 Å². The third-order valence-electron chi connectivity index (χ3n) is 9.47. The first-order chi connectivity index (χ1) is 22.8. The zero-order valence-electron chi connectivity index (χ0n) is 26.8. The summed E-state index contributed by atoms with van der Waals surface area (Å²) in [4.78, 5) is 69.7. The maximum absolute atomic E-state index is 13.3. The second-order valence-corrected chi connectivity index (χ2v) is 12.7. The van der Waals surface area contributed by atoms with Crippen LogP contribution in [0.5, 0.6) is 5.88 Å². The van der Waals surface area contributed by atoms with Crippen LogP contribution in [0.15, 0.2) is 36.4 Å². The van der Waals surface area contributed by atoms with Gasteiger partial charge < -0.3 is 34.8 Å². The number of aromatic nitrogens is 2. The van der Waals surface area contributed by atoms with Gasteiger partial charge in [-0.1, -0.05) is 18.2 Å². The number of benzene rings is 1. The molecule has 2 aliphatic carbocycles.